The monoisotopic (exact) mass is 132 g/mol. The third-order valence-electron chi connectivity index (χ3n) is 0. The second kappa shape index (κ2) is 9.43. The summed E-state index contributed by atoms with van der Waals surface area (Å²) in [5.74, 6) is 0. The Bertz CT molecular complexity index is 13.5. The molecule has 21 valence electrons. The zero-order valence-corrected chi connectivity index (χ0v) is 5.28. The zero-order chi connectivity index (χ0) is 2.71. The van der Waals surface area contributed by atoms with Crippen molar-refractivity contribution >= 4 is 0 Å². The quantitative estimate of drug-likeness (QED) is 0.496. The summed E-state index contributed by atoms with van der Waals surface area (Å²) in [6.07, 6.45) is 1.25. The summed E-state index contributed by atoms with van der Waals surface area (Å²) in [5.41, 5.74) is 4.61. The van der Waals surface area contributed by atoms with E-state index < -0.39 is 0 Å². The van der Waals surface area contributed by atoms with Crippen molar-refractivity contribution in [3.05, 3.63) is 12.8 Å². The minimum Gasteiger partial charge on any atom is -0.405 e. The summed E-state index contributed by atoms with van der Waals surface area (Å²) in [4.78, 5) is 0. The smallest absolute Gasteiger partial charge is 0 e. The van der Waals surface area contributed by atoms with E-state index in [4.69, 9.17) is 0 Å². The van der Waals surface area contributed by atoms with Gasteiger partial charge in [-0.3, -0.25) is 0 Å². The molecule has 0 aromatic carbocycles. The van der Waals surface area contributed by atoms with Gasteiger partial charge in [-0.2, -0.15) is 0 Å². The average Bonchev–Trinajstić information content (AvgIpc) is 0.918. The van der Waals surface area contributed by atoms with Crippen molar-refractivity contribution in [3.8, 4) is 0 Å². The standard InChI is InChI=1S/C2H5N.Y/c1-2-3;/h2H,1,3H2;. The van der Waals surface area contributed by atoms with E-state index in [1.807, 2.05) is 0 Å². The molecular formula is C2H5NY. The third kappa shape index (κ3) is 17.2. The van der Waals surface area contributed by atoms with Crippen molar-refractivity contribution in [2.45, 2.75) is 0 Å². The van der Waals surface area contributed by atoms with Gasteiger partial charge >= 0.3 is 0 Å². The Labute approximate surface area is 51.1 Å². The first kappa shape index (κ1) is 8.82. The van der Waals surface area contributed by atoms with Crippen LogP contribution in [-0.2, 0) is 32.7 Å². The molecule has 4 heavy (non-hydrogen) atoms. The predicted octanol–water partition coefficient (Wildman–Crippen LogP) is 0.0861. The van der Waals surface area contributed by atoms with E-state index in [9.17, 15) is 0 Å². The first-order valence-corrected chi connectivity index (χ1v) is 0.742. The Morgan fingerprint density at radius 1 is 1.75 bits per heavy atom. The Hall–Kier alpha value is 0.644. The summed E-state index contributed by atoms with van der Waals surface area (Å²) in [7, 11) is 0. The summed E-state index contributed by atoms with van der Waals surface area (Å²) < 4.78 is 0. The van der Waals surface area contributed by atoms with Crippen LogP contribution in [0.15, 0.2) is 12.8 Å². The maximum absolute atomic E-state index is 4.61. The van der Waals surface area contributed by atoms with Crippen LogP contribution in [0.1, 0.15) is 0 Å². The normalized spacial score (nSPS) is 3.00. The maximum Gasteiger partial charge on any atom is 0 e. The number of hydrogen-bond donors (Lipinski definition) is 1. The second-order valence-corrected chi connectivity index (χ2v) is 0.236. The molecule has 1 nitrogen and oxygen atoms in total. The summed E-state index contributed by atoms with van der Waals surface area (Å²) in [5, 5.41) is 0. The summed E-state index contributed by atoms with van der Waals surface area (Å²) >= 11 is 0. The SMILES string of the molecule is C=CN.[Y]. The molecule has 0 spiro atoms. The van der Waals surface area contributed by atoms with Crippen LogP contribution in [0.4, 0.5) is 0 Å². The zero-order valence-electron chi connectivity index (χ0n) is 2.44. The number of hydrogen-bond acceptors (Lipinski definition) is 1. The van der Waals surface area contributed by atoms with Gasteiger partial charge in [0, 0.05) is 32.7 Å². The molecule has 0 amide bonds. The fraction of sp³-hybridized carbons (Fsp3) is 0. The summed E-state index contributed by atoms with van der Waals surface area (Å²) in [6, 6.07) is 0. The molecule has 1 radical (unpaired) electrons. The topological polar surface area (TPSA) is 26.0 Å². The fourth-order valence-electron chi connectivity index (χ4n) is 0. The molecule has 0 saturated carbocycles. The van der Waals surface area contributed by atoms with E-state index in [1.54, 1.807) is 0 Å². The molecule has 0 heterocycles. The average molecular weight is 132 g/mol. The van der Waals surface area contributed by atoms with E-state index in [1.165, 1.54) is 6.20 Å². The van der Waals surface area contributed by atoms with Crippen LogP contribution >= 0.6 is 0 Å². The molecule has 2 N–H and O–H groups in total. The van der Waals surface area contributed by atoms with Crippen molar-refractivity contribution in [1.82, 2.24) is 0 Å². The third-order valence-corrected chi connectivity index (χ3v) is 0. The van der Waals surface area contributed by atoms with Gasteiger partial charge in [0.15, 0.2) is 0 Å². The molecule has 0 aliphatic heterocycles. The van der Waals surface area contributed by atoms with Crippen LogP contribution in [0.5, 0.6) is 0 Å². The predicted molar refractivity (Wildman–Crippen MR) is 14.4 cm³/mol. The van der Waals surface area contributed by atoms with Gasteiger partial charge in [0.05, 0.1) is 0 Å². The van der Waals surface area contributed by atoms with Crippen LogP contribution in [0.2, 0.25) is 0 Å². The van der Waals surface area contributed by atoms with Gasteiger partial charge in [0.2, 0.25) is 0 Å². The largest absolute Gasteiger partial charge is 0.405 e. The van der Waals surface area contributed by atoms with Gasteiger partial charge < -0.3 is 5.73 Å². The number of rotatable bonds is 0. The van der Waals surface area contributed by atoms with Gasteiger partial charge in [0.25, 0.3) is 0 Å². The van der Waals surface area contributed by atoms with Crippen LogP contribution < -0.4 is 5.73 Å². The summed E-state index contributed by atoms with van der Waals surface area (Å²) in [6.45, 7) is 3.14. The molecule has 0 aromatic rings. The Kier molecular flexibility index (Phi) is 20.8. The van der Waals surface area contributed by atoms with Crippen molar-refractivity contribution in [1.29, 1.82) is 0 Å². The Morgan fingerprint density at radius 2 is 1.75 bits per heavy atom. The molecule has 0 rings (SSSR count). The first-order chi connectivity index (χ1) is 1.41. The van der Waals surface area contributed by atoms with E-state index in [-0.39, 0.29) is 32.7 Å². The van der Waals surface area contributed by atoms with Crippen molar-refractivity contribution in [2.75, 3.05) is 0 Å². The van der Waals surface area contributed by atoms with Crippen LogP contribution in [-0.4, -0.2) is 0 Å². The minimum atomic E-state index is 0. The van der Waals surface area contributed by atoms with Crippen LogP contribution in [0.3, 0.4) is 0 Å². The van der Waals surface area contributed by atoms with Gasteiger partial charge in [0.1, 0.15) is 0 Å². The molecule has 0 aromatic heterocycles. The van der Waals surface area contributed by atoms with Crippen molar-refractivity contribution < 1.29 is 32.7 Å². The molecule has 0 saturated heterocycles. The van der Waals surface area contributed by atoms with E-state index in [2.05, 4.69) is 12.3 Å². The van der Waals surface area contributed by atoms with E-state index in [0.717, 1.165) is 0 Å². The molecule has 0 atom stereocenters. The van der Waals surface area contributed by atoms with Gasteiger partial charge in [-0.25, -0.2) is 0 Å². The van der Waals surface area contributed by atoms with Crippen molar-refractivity contribution in [2.24, 2.45) is 5.73 Å². The van der Waals surface area contributed by atoms with Gasteiger partial charge in [-0.1, -0.05) is 6.58 Å². The molecule has 0 aliphatic carbocycles. The molecule has 0 aliphatic rings. The van der Waals surface area contributed by atoms with E-state index in [0.29, 0.717) is 0 Å². The molecule has 0 unspecified atom stereocenters. The molecule has 0 fully saturated rings. The number of nitrogens with two attached hydrogens (primary N) is 1. The van der Waals surface area contributed by atoms with Crippen molar-refractivity contribution in [3.63, 3.8) is 0 Å². The van der Waals surface area contributed by atoms with Gasteiger partial charge in [-0.15, -0.1) is 0 Å². The molecular weight excluding hydrogens is 127 g/mol. The second-order valence-electron chi connectivity index (χ2n) is 0.236. The van der Waals surface area contributed by atoms with Crippen LogP contribution in [0.25, 0.3) is 0 Å². The fourth-order valence-corrected chi connectivity index (χ4v) is 0. The first-order valence-electron chi connectivity index (χ1n) is 0.742. The maximum atomic E-state index is 4.61. The Balaban J connectivity index is 0. The van der Waals surface area contributed by atoms with Gasteiger partial charge in [-0.05, 0) is 6.20 Å². The van der Waals surface area contributed by atoms with Crippen LogP contribution in [0, 0.1) is 0 Å². The molecule has 0 bridgehead atoms. The van der Waals surface area contributed by atoms with E-state index >= 15 is 0 Å². The minimum absolute atomic E-state index is 0. The molecule has 2 heteroatoms. The Morgan fingerprint density at radius 3 is 1.75 bits per heavy atom.